The van der Waals surface area contributed by atoms with Gasteiger partial charge in [-0.2, -0.15) is 0 Å². The molecule has 8 heteroatoms. The molecule has 3 N–H and O–H groups in total. The van der Waals surface area contributed by atoms with Crippen molar-refractivity contribution >= 4 is 17.3 Å². The summed E-state index contributed by atoms with van der Waals surface area (Å²) in [7, 11) is 0. The molecule has 0 bridgehead atoms. The lowest BCUT2D eigenvalue weighted by atomic mass is 10.1. The van der Waals surface area contributed by atoms with Gasteiger partial charge in [0.15, 0.2) is 0 Å². The number of para-hydroxylation sites is 2. The summed E-state index contributed by atoms with van der Waals surface area (Å²) in [6.07, 6.45) is -4.09. The molecule has 1 amide bonds. The van der Waals surface area contributed by atoms with Crippen LogP contribution in [-0.2, 0) is 6.54 Å². The Bertz CT molecular complexity index is 866. The number of fused-ring (bicyclic) bond motifs is 1. The zero-order valence-electron chi connectivity index (χ0n) is 14.3. The monoisotopic (exact) mass is 377 g/mol. The van der Waals surface area contributed by atoms with Gasteiger partial charge >= 0.3 is 6.36 Å². The van der Waals surface area contributed by atoms with Crippen molar-refractivity contribution < 1.29 is 22.7 Å². The third-order valence-corrected chi connectivity index (χ3v) is 3.99. The number of benzene rings is 2. The quantitative estimate of drug-likeness (QED) is 0.745. The molecule has 0 saturated heterocycles. The third kappa shape index (κ3) is 4.72. The van der Waals surface area contributed by atoms with E-state index >= 15 is 0 Å². The Morgan fingerprint density at radius 1 is 1.19 bits per heavy atom. The molecule has 2 aromatic rings. The number of rotatable bonds is 4. The molecule has 27 heavy (non-hydrogen) atoms. The van der Waals surface area contributed by atoms with Crippen molar-refractivity contribution in [3.05, 3.63) is 65.9 Å². The molecule has 2 aromatic carbocycles. The van der Waals surface area contributed by atoms with Gasteiger partial charge in [0, 0.05) is 30.8 Å². The second kappa shape index (κ2) is 7.61. The molecule has 0 saturated carbocycles. The van der Waals surface area contributed by atoms with Crippen molar-refractivity contribution in [2.45, 2.75) is 19.3 Å². The molecule has 0 fully saturated rings. The number of carbonyl (C=O) groups excluding carboxylic acids is 1. The molecule has 5 nitrogen and oxygen atoms in total. The van der Waals surface area contributed by atoms with E-state index in [2.05, 4.69) is 27.3 Å². The zero-order chi connectivity index (χ0) is 19.4. The number of ether oxygens (including phenoxy) is 1. The largest absolute Gasteiger partial charge is 0.573 e. The van der Waals surface area contributed by atoms with Crippen LogP contribution >= 0.6 is 0 Å². The summed E-state index contributed by atoms with van der Waals surface area (Å²) in [4.78, 5) is 12.6. The van der Waals surface area contributed by atoms with Crippen LogP contribution < -0.4 is 20.7 Å². The summed E-state index contributed by atoms with van der Waals surface area (Å²) in [5.41, 5.74) is 2.81. The number of nitrogens with one attached hydrogen (secondary N) is 3. The number of carbonyl (C=O) groups is 1. The number of hydrogen-bond donors (Lipinski definition) is 3. The number of anilines is 2. The Labute approximate surface area is 154 Å². The van der Waals surface area contributed by atoms with Crippen LogP contribution in [0.4, 0.5) is 24.5 Å². The highest BCUT2D eigenvalue weighted by Crippen LogP contribution is 2.30. The first-order valence-corrected chi connectivity index (χ1v) is 8.27. The van der Waals surface area contributed by atoms with Gasteiger partial charge in [0.25, 0.3) is 5.91 Å². The molecule has 0 spiro atoms. The van der Waals surface area contributed by atoms with E-state index in [9.17, 15) is 18.0 Å². The lowest BCUT2D eigenvalue weighted by molar-refractivity contribution is -0.274. The highest BCUT2D eigenvalue weighted by molar-refractivity contribution is 6.02. The van der Waals surface area contributed by atoms with E-state index in [4.69, 9.17) is 0 Å². The zero-order valence-corrected chi connectivity index (χ0v) is 14.3. The first-order chi connectivity index (χ1) is 12.8. The maximum absolute atomic E-state index is 12.6. The maximum Gasteiger partial charge on any atom is 0.573 e. The average molecular weight is 377 g/mol. The topological polar surface area (TPSA) is 62.4 Å². The van der Waals surface area contributed by atoms with Crippen LogP contribution in [0, 0.1) is 0 Å². The Morgan fingerprint density at radius 2 is 1.96 bits per heavy atom. The fourth-order valence-corrected chi connectivity index (χ4v) is 2.77. The van der Waals surface area contributed by atoms with Crippen molar-refractivity contribution in [1.29, 1.82) is 0 Å². The lowest BCUT2D eigenvalue weighted by Crippen LogP contribution is -2.25. The van der Waals surface area contributed by atoms with E-state index in [-0.39, 0.29) is 17.9 Å². The Balaban J connectivity index is 1.76. The van der Waals surface area contributed by atoms with Gasteiger partial charge in [-0.3, -0.25) is 4.79 Å². The number of alkyl halides is 3. The van der Waals surface area contributed by atoms with Gasteiger partial charge in [-0.05, 0) is 18.2 Å². The number of hydrogen-bond acceptors (Lipinski definition) is 4. The molecule has 0 radical (unpaired) electrons. The molecule has 0 aromatic heterocycles. The summed E-state index contributed by atoms with van der Waals surface area (Å²) in [6.45, 7) is 4.42. The summed E-state index contributed by atoms with van der Waals surface area (Å²) in [5.74, 6) is -0.747. The van der Waals surface area contributed by atoms with E-state index in [0.717, 1.165) is 11.4 Å². The second-order valence-corrected chi connectivity index (χ2v) is 5.97. The molecular weight excluding hydrogens is 359 g/mol. The molecule has 1 aliphatic heterocycles. The number of amides is 1. The van der Waals surface area contributed by atoms with Gasteiger partial charge in [-0.1, -0.05) is 30.8 Å². The summed E-state index contributed by atoms with van der Waals surface area (Å²) >= 11 is 0. The van der Waals surface area contributed by atoms with Crippen molar-refractivity contribution in [3.63, 3.8) is 0 Å². The first-order valence-electron chi connectivity index (χ1n) is 8.27. The molecule has 1 heterocycles. The molecule has 0 aliphatic carbocycles. The smallest absolute Gasteiger partial charge is 0.405 e. The van der Waals surface area contributed by atoms with Gasteiger partial charge in [0.2, 0.25) is 0 Å². The third-order valence-electron chi connectivity index (χ3n) is 3.99. The molecule has 3 rings (SSSR count). The normalized spacial score (nSPS) is 13.7. The van der Waals surface area contributed by atoms with Crippen molar-refractivity contribution in [3.8, 4) is 5.75 Å². The maximum atomic E-state index is 12.6. The minimum absolute atomic E-state index is 0.102. The van der Waals surface area contributed by atoms with Gasteiger partial charge in [0.05, 0.1) is 16.9 Å². The van der Waals surface area contributed by atoms with Crippen molar-refractivity contribution in [2.24, 2.45) is 0 Å². The van der Waals surface area contributed by atoms with Crippen molar-refractivity contribution in [2.75, 3.05) is 17.2 Å². The highest BCUT2D eigenvalue weighted by Gasteiger charge is 2.32. The van der Waals surface area contributed by atoms with Crippen LogP contribution in [0.5, 0.6) is 5.75 Å². The highest BCUT2D eigenvalue weighted by atomic mass is 19.4. The predicted octanol–water partition coefficient (Wildman–Crippen LogP) is 4.26. The van der Waals surface area contributed by atoms with Gasteiger partial charge in [-0.15, -0.1) is 13.2 Å². The fourth-order valence-electron chi connectivity index (χ4n) is 2.77. The van der Waals surface area contributed by atoms with E-state index in [1.54, 1.807) is 18.2 Å². The van der Waals surface area contributed by atoms with Crippen LogP contribution in [0.25, 0.3) is 0 Å². The molecular formula is C19H18F3N3O2. The minimum atomic E-state index is -4.80. The summed E-state index contributed by atoms with van der Waals surface area (Å²) in [6, 6.07) is 10.9. The Hall–Kier alpha value is -3.16. The Morgan fingerprint density at radius 3 is 2.74 bits per heavy atom. The summed E-state index contributed by atoms with van der Waals surface area (Å²) < 4.78 is 41.5. The minimum Gasteiger partial charge on any atom is -0.405 e. The fraction of sp³-hybridized carbons (Fsp3) is 0.211. The Kier molecular flexibility index (Phi) is 5.25. The van der Waals surface area contributed by atoms with Crippen LogP contribution in [0.3, 0.4) is 0 Å². The predicted molar refractivity (Wildman–Crippen MR) is 96.6 cm³/mol. The van der Waals surface area contributed by atoms with E-state index in [1.807, 2.05) is 6.07 Å². The molecule has 142 valence electrons. The summed E-state index contributed by atoms with van der Waals surface area (Å²) in [5, 5.41) is 8.98. The van der Waals surface area contributed by atoms with Gasteiger partial charge in [0.1, 0.15) is 5.75 Å². The standard InChI is InChI=1S/C19H18F3N3O2/c1-12-9-10-23-17-14(6-4-7-15(17)25-12)18(26)24-11-13-5-2-3-8-16(13)27-19(20,21)22/h2-8,23,25H,1,9-11H2,(H,24,26). The van der Waals surface area contributed by atoms with E-state index < -0.39 is 12.3 Å². The average Bonchev–Trinajstić information content (AvgIpc) is 2.79. The van der Waals surface area contributed by atoms with Crippen LogP contribution in [0.1, 0.15) is 22.3 Å². The SMILES string of the molecule is C=C1CCNc2c(cccc2C(=O)NCc2ccccc2OC(F)(F)F)N1. The van der Waals surface area contributed by atoms with Crippen LogP contribution in [-0.4, -0.2) is 18.8 Å². The lowest BCUT2D eigenvalue weighted by Gasteiger charge is -2.16. The molecule has 0 unspecified atom stereocenters. The van der Waals surface area contributed by atoms with Crippen molar-refractivity contribution in [1.82, 2.24) is 5.32 Å². The second-order valence-electron chi connectivity index (χ2n) is 5.97. The molecule has 1 aliphatic rings. The molecule has 0 atom stereocenters. The van der Waals surface area contributed by atoms with Crippen LogP contribution in [0.15, 0.2) is 54.7 Å². The first kappa shape index (κ1) is 18.6. The van der Waals surface area contributed by atoms with Crippen LogP contribution in [0.2, 0.25) is 0 Å². The van der Waals surface area contributed by atoms with Gasteiger partial charge in [-0.25, -0.2) is 0 Å². The van der Waals surface area contributed by atoms with E-state index in [0.29, 0.717) is 24.2 Å². The van der Waals surface area contributed by atoms with Gasteiger partial charge < -0.3 is 20.7 Å². The van der Waals surface area contributed by atoms with E-state index in [1.165, 1.54) is 18.2 Å². The number of halogens is 3.